The van der Waals surface area contributed by atoms with Gasteiger partial charge in [-0.3, -0.25) is 4.98 Å². The van der Waals surface area contributed by atoms with E-state index in [1.807, 2.05) is 12.1 Å². The van der Waals surface area contributed by atoms with Gasteiger partial charge in [0.1, 0.15) is 5.75 Å². The maximum absolute atomic E-state index is 5.68. The number of hydrogen-bond acceptors (Lipinski definition) is 4. The Hall–Kier alpha value is -1.94. The van der Waals surface area contributed by atoms with Crippen LogP contribution in [0.2, 0.25) is 0 Å². The third kappa shape index (κ3) is 5.16. The van der Waals surface area contributed by atoms with E-state index in [2.05, 4.69) is 55.1 Å². The number of benzene rings is 1. The van der Waals surface area contributed by atoms with Crippen LogP contribution < -0.4 is 10.1 Å². The van der Waals surface area contributed by atoms with Crippen molar-refractivity contribution in [2.75, 3.05) is 0 Å². The molecule has 0 fully saturated rings. The monoisotopic (exact) mass is 285 g/mol. The molecule has 0 unspecified atom stereocenters. The van der Waals surface area contributed by atoms with E-state index in [1.54, 1.807) is 12.4 Å². The smallest absolute Gasteiger partial charge is 0.237 e. The Labute approximate surface area is 126 Å². The van der Waals surface area contributed by atoms with Crippen LogP contribution in [-0.2, 0) is 13.0 Å². The first kappa shape index (κ1) is 15.4. The Balaban J connectivity index is 1.95. The molecule has 0 radical (unpaired) electrons. The fourth-order valence-electron chi connectivity index (χ4n) is 1.76. The van der Waals surface area contributed by atoms with Gasteiger partial charge in [-0.15, -0.1) is 0 Å². The second kappa shape index (κ2) is 6.68. The van der Waals surface area contributed by atoms with E-state index in [0.717, 1.165) is 17.9 Å². The lowest BCUT2D eigenvalue weighted by Gasteiger charge is -2.19. The van der Waals surface area contributed by atoms with Gasteiger partial charge in [-0.1, -0.05) is 19.1 Å². The van der Waals surface area contributed by atoms with Crippen LogP contribution in [0.25, 0.3) is 0 Å². The van der Waals surface area contributed by atoms with Crippen molar-refractivity contribution < 1.29 is 4.74 Å². The lowest BCUT2D eigenvalue weighted by Crippen LogP contribution is -2.35. The quantitative estimate of drug-likeness (QED) is 0.909. The molecule has 1 aromatic heterocycles. The van der Waals surface area contributed by atoms with Crippen molar-refractivity contribution in [2.45, 2.75) is 46.2 Å². The van der Waals surface area contributed by atoms with Crippen LogP contribution in [0.4, 0.5) is 0 Å². The third-order valence-corrected chi connectivity index (χ3v) is 3.04. The molecule has 21 heavy (non-hydrogen) atoms. The van der Waals surface area contributed by atoms with Crippen LogP contribution in [-0.4, -0.2) is 15.5 Å². The van der Waals surface area contributed by atoms with E-state index in [0.29, 0.717) is 12.4 Å². The summed E-state index contributed by atoms with van der Waals surface area (Å²) in [7, 11) is 0. The normalized spacial score (nSPS) is 11.4. The van der Waals surface area contributed by atoms with Crippen molar-refractivity contribution in [3.63, 3.8) is 0 Å². The van der Waals surface area contributed by atoms with Crippen molar-refractivity contribution in [2.24, 2.45) is 0 Å². The maximum atomic E-state index is 5.68. The molecule has 0 aliphatic heterocycles. The second-order valence-corrected chi connectivity index (χ2v) is 6.05. The van der Waals surface area contributed by atoms with Gasteiger partial charge in [-0.2, -0.15) is 0 Å². The van der Waals surface area contributed by atoms with Gasteiger partial charge in [0.15, 0.2) is 0 Å². The Morgan fingerprint density at radius 2 is 1.76 bits per heavy atom. The second-order valence-electron chi connectivity index (χ2n) is 6.05. The Morgan fingerprint density at radius 1 is 1.05 bits per heavy atom. The predicted octanol–water partition coefficient (Wildman–Crippen LogP) is 3.72. The van der Waals surface area contributed by atoms with Crippen molar-refractivity contribution in [1.29, 1.82) is 0 Å². The zero-order valence-electron chi connectivity index (χ0n) is 13.2. The van der Waals surface area contributed by atoms with Crippen molar-refractivity contribution >= 4 is 0 Å². The fraction of sp³-hybridized carbons (Fsp3) is 0.412. The van der Waals surface area contributed by atoms with E-state index in [-0.39, 0.29) is 5.54 Å². The molecule has 112 valence electrons. The van der Waals surface area contributed by atoms with Gasteiger partial charge < -0.3 is 10.1 Å². The third-order valence-electron chi connectivity index (χ3n) is 3.04. The number of aryl methyl sites for hydroxylation is 1. The molecule has 1 aromatic carbocycles. The van der Waals surface area contributed by atoms with Crippen LogP contribution in [0.5, 0.6) is 11.6 Å². The summed E-state index contributed by atoms with van der Waals surface area (Å²) in [4.78, 5) is 8.65. The molecule has 4 heteroatoms. The molecule has 0 saturated heterocycles. The number of nitrogens with zero attached hydrogens (tertiary/aromatic N) is 2. The molecule has 0 amide bonds. The molecule has 0 spiro atoms. The average molecular weight is 285 g/mol. The van der Waals surface area contributed by atoms with Crippen LogP contribution in [0.3, 0.4) is 0 Å². The molecule has 2 aromatic rings. The summed E-state index contributed by atoms with van der Waals surface area (Å²) in [6.07, 6.45) is 4.43. The number of aromatic nitrogens is 2. The van der Waals surface area contributed by atoms with Gasteiger partial charge in [0, 0.05) is 12.1 Å². The Bertz CT molecular complexity index is 556. The molecular weight excluding hydrogens is 262 g/mol. The first-order valence-corrected chi connectivity index (χ1v) is 7.29. The van der Waals surface area contributed by atoms with Gasteiger partial charge in [0.25, 0.3) is 0 Å². The molecular formula is C17H23N3O. The van der Waals surface area contributed by atoms with Crippen LogP contribution in [0, 0.1) is 0 Å². The van der Waals surface area contributed by atoms with Gasteiger partial charge in [0.2, 0.25) is 5.88 Å². The highest BCUT2D eigenvalue weighted by Crippen LogP contribution is 2.19. The Morgan fingerprint density at radius 3 is 2.29 bits per heavy atom. The summed E-state index contributed by atoms with van der Waals surface area (Å²) in [6, 6.07) is 8.03. The van der Waals surface area contributed by atoms with Gasteiger partial charge in [-0.25, -0.2) is 4.98 Å². The predicted molar refractivity (Wildman–Crippen MR) is 84.5 cm³/mol. The SMILES string of the molecule is CCc1ccc(Oc2cnc(CNC(C)(C)C)cn2)cc1. The van der Waals surface area contributed by atoms with E-state index in [1.165, 1.54) is 5.56 Å². The lowest BCUT2D eigenvalue weighted by molar-refractivity contribution is 0.418. The summed E-state index contributed by atoms with van der Waals surface area (Å²) in [5, 5.41) is 3.38. The van der Waals surface area contributed by atoms with E-state index >= 15 is 0 Å². The minimum atomic E-state index is 0.0673. The van der Waals surface area contributed by atoms with Crippen LogP contribution >= 0.6 is 0 Å². The topological polar surface area (TPSA) is 47.0 Å². The minimum absolute atomic E-state index is 0.0673. The highest BCUT2D eigenvalue weighted by Gasteiger charge is 2.09. The largest absolute Gasteiger partial charge is 0.438 e. The summed E-state index contributed by atoms with van der Waals surface area (Å²) >= 11 is 0. The molecule has 0 atom stereocenters. The van der Waals surface area contributed by atoms with Gasteiger partial charge >= 0.3 is 0 Å². The highest BCUT2D eigenvalue weighted by molar-refractivity contribution is 5.29. The molecule has 0 bridgehead atoms. The molecule has 1 heterocycles. The van der Waals surface area contributed by atoms with Crippen molar-refractivity contribution in [3.05, 3.63) is 47.9 Å². The van der Waals surface area contributed by atoms with Crippen molar-refractivity contribution in [3.8, 4) is 11.6 Å². The lowest BCUT2D eigenvalue weighted by atomic mass is 10.1. The average Bonchev–Trinajstić information content (AvgIpc) is 2.46. The minimum Gasteiger partial charge on any atom is -0.438 e. The first-order valence-electron chi connectivity index (χ1n) is 7.29. The molecule has 0 aliphatic carbocycles. The summed E-state index contributed by atoms with van der Waals surface area (Å²) < 4.78 is 5.68. The summed E-state index contributed by atoms with van der Waals surface area (Å²) in [5.74, 6) is 1.29. The maximum Gasteiger partial charge on any atom is 0.237 e. The van der Waals surface area contributed by atoms with Gasteiger partial charge in [-0.05, 0) is 44.9 Å². The van der Waals surface area contributed by atoms with Crippen LogP contribution in [0.1, 0.15) is 39.0 Å². The zero-order chi connectivity index (χ0) is 15.3. The highest BCUT2D eigenvalue weighted by atomic mass is 16.5. The molecule has 0 aliphatic rings. The van der Waals surface area contributed by atoms with E-state index in [9.17, 15) is 0 Å². The Kier molecular flexibility index (Phi) is 4.91. The standard InChI is InChI=1S/C17H23N3O/c1-5-13-6-8-15(9-7-13)21-16-12-18-14(10-19-16)11-20-17(2,3)4/h6-10,12,20H,5,11H2,1-4H3. The van der Waals surface area contributed by atoms with Crippen molar-refractivity contribution in [1.82, 2.24) is 15.3 Å². The summed E-state index contributed by atoms with van der Waals surface area (Å²) in [6.45, 7) is 9.20. The van der Waals surface area contributed by atoms with Crippen LogP contribution in [0.15, 0.2) is 36.7 Å². The summed E-state index contributed by atoms with van der Waals surface area (Å²) in [5.41, 5.74) is 2.26. The number of hydrogen-bond donors (Lipinski definition) is 1. The molecule has 0 saturated carbocycles. The zero-order valence-corrected chi connectivity index (χ0v) is 13.2. The molecule has 4 nitrogen and oxygen atoms in total. The molecule has 2 rings (SSSR count). The number of rotatable bonds is 5. The van der Waals surface area contributed by atoms with E-state index < -0.39 is 0 Å². The number of ether oxygens (including phenoxy) is 1. The van der Waals surface area contributed by atoms with Gasteiger partial charge in [0.05, 0.1) is 18.1 Å². The molecule has 1 N–H and O–H groups in total. The fourth-order valence-corrected chi connectivity index (χ4v) is 1.76. The first-order chi connectivity index (χ1) is 9.96. The van der Waals surface area contributed by atoms with E-state index in [4.69, 9.17) is 4.74 Å². The number of nitrogens with one attached hydrogen (secondary N) is 1.